The van der Waals surface area contributed by atoms with Gasteiger partial charge in [-0.2, -0.15) is 0 Å². The van der Waals surface area contributed by atoms with Gasteiger partial charge >= 0.3 is 0 Å². The number of benzene rings is 1. The van der Waals surface area contributed by atoms with Crippen LogP contribution >= 0.6 is 11.3 Å². The Bertz CT molecular complexity index is 606. The van der Waals surface area contributed by atoms with Gasteiger partial charge in [-0.15, -0.1) is 11.3 Å². The van der Waals surface area contributed by atoms with Gasteiger partial charge < -0.3 is 5.32 Å². The lowest BCUT2D eigenvalue weighted by Crippen LogP contribution is -2.15. The standard InChI is InChI=1S/C21H32N2S/c1-6-7-8-9-13-19(20-15(2)11-10-12-16(20)3)14-22-21-23-17(4)18(5)24-21/h10-12,19H,6-9,13-14H2,1-5H3,(H,22,23). The highest BCUT2D eigenvalue weighted by molar-refractivity contribution is 7.15. The van der Waals surface area contributed by atoms with E-state index >= 15 is 0 Å². The summed E-state index contributed by atoms with van der Waals surface area (Å²) in [6.45, 7) is 12.0. The van der Waals surface area contributed by atoms with Crippen molar-refractivity contribution in [3.63, 3.8) is 0 Å². The fourth-order valence-electron chi connectivity index (χ4n) is 3.40. The molecule has 0 fully saturated rings. The van der Waals surface area contributed by atoms with Crippen molar-refractivity contribution in [1.82, 2.24) is 4.98 Å². The second-order valence-electron chi connectivity index (χ2n) is 6.89. The Hall–Kier alpha value is -1.35. The predicted octanol–water partition coefficient (Wildman–Crippen LogP) is 6.54. The van der Waals surface area contributed by atoms with Gasteiger partial charge in [0.15, 0.2) is 5.13 Å². The van der Waals surface area contributed by atoms with Crippen molar-refractivity contribution < 1.29 is 0 Å². The maximum atomic E-state index is 4.64. The average molecular weight is 345 g/mol. The number of nitrogens with one attached hydrogen (secondary N) is 1. The van der Waals surface area contributed by atoms with Crippen LogP contribution in [0.1, 0.15) is 72.2 Å². The molecule has 0 aliphatic carbocycles. The van der Waals surface area contributed by atoms with E-state index in [0.717, 1.165) is 17.4 Å². The molecule has 0 radical (unpaired) electrons. The van der Waals surface area contributed by atoms with E-state index in [9.17, 15) is 0 Å². The van der Waals surface area contributed by atoms with E-state index < -0.39 is 0 Å². The molecule has 1 atom stereocenters. The second kappa shape index (κ2) is 9.22. The molecule has 1 N–H and O–H groups in total. The molecule has 2 rings (SSSR count). The van der Waals surface area contributed by atoms with Crippen molar-refractivity contribution in [1.29, 1.82) is 0 Å². The van der Waals surface area contributed by atoms with Crippen LogP contribution in [-0.4, -0.2) is 11.5 Å². The predicted molar refractivity (Wildman–Crippen MR) is 107 cm³/mol. The van der Waals surface area contributed by atoms with Crippen molar-refractivity contribution >= 4 is 16.5 Å². The van der Waals surface area contributed by atoms with Gasteiger partial charge in [0.05, 0.1) is 5.69 Å². The van der Waals surface area contributed by atoms with Gasteiger partial charge in [-0.25, -0.2) is 4.98 Å². The summed E-state index contributed by atoms with van der Waals surface area (Å²) >= 11 is 1.77. The molecule has 1 unspecified atom stereocenters. The molecule has 132 valence electrons. The number of thiazole rings is 1. The summed E-state index contributed by atoms with van der Waals surface area (Å²) in [5, 5.41) is 4.67. The number of aryl methyl sites for hydroxylation is 4. The molecule has 24 heavy (non-hydrogen) atoms. The highest BCUT2D eigenvalue weighted by Crippen LogP contribution is 2.30. The highest BCUT2D eigenvalue weighted by Gasteiger charge is 2.16. The average Bonchev–Trinajstić information content (AvgIpc) is 2.86. The maximum Gasteiger partial charge on any atom is 0.183 e. The summed E-state index contributed by atoms with van der Waals surface area (Å²) in [6, 6.07) is 6.67. The minimum atomic E-state index is 0.563. The van der Waals surface area contributed by atoms with Gasteiger partial charge in [0.25, 0.3) is 0 Å². The monoisotopic (exact) mass is 344 g/mol. The molecule has 2 nitrogen and oxygen atoms in total. The van der Waals surface area contributed by atoms with Gasteiger partial charge in [0, 0.05) is 17.3 Å². The molecule has 0 aliphatic rings. The third kappa shape index (κ3) is 5.07. The summed E-state index contributed by atoms with van der Waals surface area (Å²) < 4.78 is 0. The first-order valence-electron chi connectivity index (χ1n) is 9.27. The zero-order chi connectivity index (χ0) is 17.5. The second-order valence-corrected chi connectivity index (χ2v) is 8.10. The molecular formula is C21H32N2S. The zero-order valence-corrected chi connectivity index (χ0v) is 16.7. The van der Waals surface area contributed by atoms with Crippen molar-refractivity contribution in [2.24, 2.45) is 0 Å². The number of anilines is 1. The molecule has 0 spiro atoms. The topological polar surface area (TPSA) is 24.9 Å². The summed E-state index contributed by atoms with van der Waals surface area (Å²) in [5.41, 5.74) is 5.52. The van der Waals surface area contributed by atoms with Crippen molar-refractivity contribution in [2.45, 2.75) is 72.6 Å². The van der Waals surface area contributed by atoms with Crippen LogP contribution in [0.3, 0.4) is 0 Å². The van der Waals surface area contributed by atoms with E-state index in [4.69, 9.17) is 0 Å². The van der Waals surface area contributed by atoms with E-state index in [1.807, 2.05) is 0 Å². The quantitative estimate of drug-likeness (QED) is 0.522. The number of nitrogens with zero attached hydrogens (tertiary/aromatic N) is 1. The van der Waals surface area contributed by atoms with E-state index in [1.165, 1.54) is 53.7 Å². The Kier molecular flexibility index (Phi) is 7.29. The van der Waals surface area contributed by atoms with E-state index in [2.05, 4.69) is 63.1 Å². The fourth-order valence-corrected chi connectivity index (χ4v) is 4.22. The van der Waals surface area contributed by atoms with Gasteiger partial charge in [0.2, 0.25) is 0 Å². The van der Waals surface area contributed by atoms with Crippen molar-refractivity contribution in [3.8, 4) is 0 Å². The normalized spacial score (nSPS) is 12.4. The number of hydrogen-bond acceptors (Lipinski definition) is 3. The molecule has 1 aromatic heterocycles. The fraction of sp³-hybridized carbons (Fsp3) is 0.571. The Morgan fingerprint density at radius 2 is 1.75 bits per heavy atom. The molecular weight excluding hydrogens is 312 g/mol. The Balaban J connectivity index is 2.10. The number of rotatable bonds is 9. The molecule has 2 aromatic rings. The summed E-state index contributed by atoms with van der Waals surface area (Å²) in [6.07, 6.45) is 6.54. The van der Waals surface area contributed by atoms with Crippen LogP contribution in [0.4, 0.5) is 5.13 Å². The van der Waals surface area contributed by atoms with Crippen LogP contribution in [0.25, 0.3) is 0 Å². The lowest BCUT2D eigenvalue weighted by Gasteiger charge is -2.22. The first-order valence-corrected chi connectivity index (χ1v) is 10.1. The van der Waals surface area contributed by atoms with Gasteiger partial charge in [0.1, 0.15) is 0 Å². The molecule has 3 heteroatoms. The van der Waals surface area contributed by atoms with Crippen molar-refractivity contribution in [2.75, 3.05) is 11.9 Å². The van der Waals surface area contributed by atoms with E-state index in [0.29, 0.717) is 5.92 Å². The Morgan fingerprint density at radius 1 is 1.04 bits per heavy atom. The summed E-state index contributed by atoms with van der Waals surface area (Å²) in [4.78, 5) is 5.95. The third-order valence-corrected chi connectivity index (χ3v) is 5.92. The number of aromatic nitrogens is 1. The Morgan fingerprint density at radius 3 is 2.33 bits per heavy atom. The number of hydrogen-bond donors (Lipinski definition) is 1. The SMILES string of the molecule is CCCCCCC(CNc1nc(C)c(C)s1)c1c(C)cccc1C. The maximum absolute atomic E-state index is 4.64. The first kappa shape index (κ1) is 19.0. The third-order valence-electron chi connectivity index (χ3n) is 4.88. The van der Waals surface area contributed by atoms with E-state index in [-0.39, 0.29) is 0 Å². The van der Waals surface area contributed by atoms with Gasteiger partial charge in [-0.05, 0) is 50.8 Å². The van der Waals surface area contributed by atoms with Crippen LogP contribution < -0.4 is 5.32 Å². The molecule has 0 saturated carbocycles. The zero-order valence-electron chi connectivity index (χ0n) is 15.9. The Labute approximate surface area is 151 Å². The molecule has 0 saturated heterocycles. The largest absolute Gasteiger partial charge is 0.361 e. The van der Waals surface area contributed by atoms with Crippen LogP contribution in [0.2, 0.25) is 0 Å². The molecule has 0 amide bonds. The minimum absolute atomic E-state index is 0.563. The van der Waals surface area contributed by atoms with Crippen LogP contribution in [0, 0.1) is 27.7 Å². The lowest BCUT2D eigenvalue weighted by molar-refractivity contribution is 0.564. The number of unbranched alkanes of at least 4 members (excludes halogenated alkanes) is 3. The van der Waals surface area contributed by atoms with Gasteiger partial charge in [-0.3, -0.25) is 0 Å². The van der Waals surface area contributed by atoms with Crippen LogP contribution in [-0.2, 0) is 0 Å². The molecule has 1 heterocycles. The van der Waals surface area contributed by atoms with Crippen LogP contribution in [0.5, 0.6) is 0 Å². The summed E-state index contributed by atoms with van der Waals surface area (Å²) in [5.74, 6) is 0.563. The lowest BCUT2D eigenvalue weighted by atomic mass is 9.87. The molecule has 1 aromatic carbocycles. The smallest absolute Gasteiger partial charge is 0.183 e. The summed E-state index contributed by atoms with van der Waals surface area (Å²) in [7, 11) is 0. The highest BCUT2D eigenvalue weighted by atomic mass is 32.1. The molecule has 0 bridgehead atoms. The minimum Gasteiger partial charge on any atom is -0.361 e. The van der Waals surface area contributed by atoms with Crippen molar-refractivity contribution in [3.05, 3.63) is 45.5 Å². The first-order chi connectivity index (χ1) is 11.5. The van der Waals surface area contributed by atoms with Gasteiger partial charge in [-0.1, -0.05) is 50.8 Å². The molecule has 0 aliphatic heterocycles. The van der Waals surface area contributed by atoms with E-state index in [1.54, 1.807) is 11.3 Å². The van der Waals surface area contributed by atoms with Crippen LogP contribution in [0.15, 0.2) is 18.2 Å².